The first-order valence-corrected chi connectivity index (χ1v) is 6.03. The number of pyridine rings is 1. The third-order valence-electron chi connectivity index (χ3n) is 2.94. The van der Waals surface area contributed by atoms with Gasteiger partial charge < -0.3 is 9.84 Å². The number of ether oxygens (including phenoxy) is 1. The first-order chi connectivity index (χ1) is 9.01. The maximum absolute atomic E-state index is 13.2. The van der Waals surface area contributed by atoms with Gasteiger partial charge in [-0.2, -0.15) is 0 Å². The number of aliphatic hydroxyl groups excluding tert-OH is 1. The summed E-state index contributed by atoms with van der Waals surface area (Å²) in [6, 6.07) is 6.39. The Hall–Kier alpha value is -1.94. The molecule has 0 radical (unpaired) electrons. The van der Waals surface area contributed by atoms with Crippen LogP contribution in [-0.4, -0.2) is 10.1 Å². The van der Waals surface area contributed by atoms with Crippen molar-refractivity contribution in [2.75, 3.05) is 0 Å². The molecule has 0 aliphatic rings. The SMILES string of the molecule is Cc1cc(C)c(CO)c(Oc2ccc(F)c(C)c2)n1. The number of nitrogens with zero attached hydrogens (tertiary/aromatic N) is 1. The molecule has 0 saturated carbocycles. The lowest BCUT2D eigenvalue weighted by atomic mass is 10.1. The van der Waals surface area contributed by atoms with Crippen LogP contribution in [0, 0.1) is 26.6 Å². The monoisotopic (exact) mass is 261 g/mol. The summed E-state index contributed by atoms with van der Waals surface area (Å²) >= 11 is 0. The van der Waals surface area contributed by atoms with Crippen LogP contribution >= 0.6 is 0 Å². The topological polar surface area (TPSA) is 42.4 Å². The zero-order valence-corrected chi connectivity index (χ0v) is 11.2. The van der Waals surface area contributed by atoms with Crippen molar-refractivity contribution in [1.29, 1.82) is 0 Å². The molecule has 1 aromatic carbocycles. The molecule has 2 aromatic rings. The minimum absolute atomic E-state index is 0.144. The molecule has 0 spiro atoms. The fraction of sp³-hybridized carbons (Fsp3) is 0.267. The fourth-order valence-corrected chi connectivity index (χ4v) is 1.90. The summed E-state index contributed by atoms with van der Waals surface area (Å²) in [5, 5.41) is 9.39. The average Bonchev–Trinajstić information content (AvgIpc) is 2.33. The molecule has 0 unspecified atom stereocenters. The zero-order valence-electron chi connectivity index (χ0n) is 11.2. The number of aromatic nitrogens is 1. The van der Waals surface area contributed by atoms with Crippen molar-refractivity contribution < 1.29 is 14.2 Å². The Kier molecular flexibility index (Phi) is 3.81. The number of hydrogen-bond acceptors (Lipinski definition) is 3. The Balaban J connectivity index is 2.39. The zero-order chi connectivity index (χ0) is 14.0. The highest BCUT2D eigenvalue weighted by Gasteiger charge is 2.11. The molecule has 0 aliphatic heterocycles. The van der Waals surface area contributed by atoms with Gasteiger partial charge >= 0.3 is 0 Å². The van der Waals surface area contributed by atoms with Crippen LogP contribution in [0.2, 0.25) is 0 Å². The summed E-state index contributed by atoms with van der Waals surface area (Å²) in [5.74, 6) is 0.597. The molecule has 2 rings (SSSR count). The second-order valence-electron chi connectivity index (χ2n) is 4.54. The molecule has 0 saturated heterocycles. The van der Waals surface area contributed by atoms with Crippen LogP contribution < -0.4 is 4.74 Å². The lowest BCUT2D eigenvalue weighted by Crippen LogP contribution is -2.00. The van der Waals surface area contributed by atoms with E-state index in [4.69, 9.17) is 4.74 Å². The van der Waals surface area contributed by atoms with E-state index < -0.39 is 0 Å². The van der Waals surface area contributed by atoms with E-state index in [1.807, 2.05) is 19.9 Å². The molecule has 19 heavy (non-hydrogen) atoms. The van der Waals surface area contributed by atoms with Gasteiger partial charge in [0.25, 0.3) is 0 Å². The Morgan fingerprint density at radius 3 is 2.53 bits per heavy atom. The van der Waals surface area contributed by atoms with Gasteiger partial charge in [-0.3, -0.25) is 0 Å². The minimum atomic E-state index is -0.275. The van der Waals surface area contributed by atoms with Gasteiger partial charge in [-0.05, 0) is 56.2 Å². The average molecular weight is 261 g/mol. The maximum Gasteiger partial charge on any atom is 0.225 e. The molecule has 0 fully saturated rings. The summed E-state index contributed by atoms with van der Waals surface area (Å²) in [5.41, 5.74) is 2.88. The molecule has 0 amide bonds. The summed E-state index contributed by atoms with van der Waals surface area (Å²) in [7, 11) is 0. The normalized spacial score (nSPS) is 10.6. The van der Waals surface area contributed by atoms with Crippen LogP contribution in [0.25, 0.3) is 0 Å². The highest BCUT2D eigenvalue weighted by Crippen LogP contribution is 2.27. The van der Waals surface area contributed by atoms with Crippen molar-refractivity contribution >= 4 is 0 Å². The van der Waals surface area contributed by atoms with E-state index >= 15 is 0 Å². The van der Waals surface area contributed by atoms with Gasteiger partial charge in [-0.1, -0.05) is 0 Å². The number of hydrogen-bond donors (Lipinski definition) is 1. The molecule has 100 valence electrons. The number of rotatable bonds is 3. The molecule has 0 atom stereocenters. The van der Waals surface area contributed by atoms with E-state index in [1.165, 1.54) is 6.07 Å². The molecular weight excluding hydrogens is 245 g/mol. The second-order valence-corrected chi connectivity index (χ2v) is 4.54. The minimum Gasteiger partial charge on any atom is -0.439 e. The van der Waals surface area contributed by atoms with E-state index in [0.717, 1.165) is 11.3 Å². The number of benzene rings is 1. The van der Waals surface area contributed by atoms with Crippen molar-refractivity contribution in [2.45, 2.75) is 27.4 Å². The van der Waals surface area contributed by atoms with Gasteiger partial charge in [0, 0.05) is 11.3 Å². The number of aryl methyl sites for hydroxylation is 3. The maximum atomic E-state index is 13.2. The third-order valence-corrected chi connectivity index (χ3v) is 2.94. The predicted octanol–water partition coefficient (Wildman–Crippen LogP) is 3.43. The van der Waals surface area contributed by atoms with Gasteiger partial charge in [0.05, 0.1) is 6.61 Å². The van der Waals surface area contributed by atoms with Crippen LogP contribution in [0.1, 0.15) is 22.4 Å². The lowest BCUT2D eigenvalue weighted by Gasteiger charge is -2.12. The highest BCUT2D eigenvalue weighted by atomic mass is 19.1. The number of aliphatic hydroxyl groups is 1. The lowest BCUT2D eigenvalue weighted by molar-refractivity contribution is 0.274. The van der Waals surface area contributed by atoms with Crippen LogP contribution in [0.5, 0.6) is 11.6 Å². The van der Waals surface area contributed by atoms with E-state index in [0.29, 0.717) is 22.8 Å². The summed E-state index contributed by atoms with van der Waals surface area (Å²) in [4.78, 5) is 4.28. The van der Waals surface area contributed by atoms with E-state index in [1.54, 1.807) is 19.1 Å². The molecule has 1 heterocycles. The summed E-state index contributed by atoms with van der Waals surface area (Å²) in [6.45, 7) is 5.28. The van der Waals surface area contributed by atoms with Crippen molar-refractivity contribution in [2.24, 2.45) is 0 Å². The van der Waals surface area contributed by atoms with E-state index in [2.05, 4.69) is 4.98 Å². The van der Waals surface area contributed by atoms with Gasteiger partial charge in [-0.25, -0.2) is 9.37 Å². The Morgan fingerprint density at radius 2 is 1.89 bits per heavy atom. The van der Waals surface area contributed by atoms with Gasteiger partial charge in [-0.15, -0.1) is 0 Å². The first-order valence-electron chi connectivity index (χ1n) is 6.03. The molecule has 4 heteroatoms. The fourth-order valence-electron chi connectivity index (χ4n) is 1.90. The molecule has 3 nitrogen and oxygen atoms in total. The standard InChI is InChI=1S/C15H16FNO2/c1-9-6-11(3)17-15(13(9)8-18)19-12-4-5-14(16)10(2)7-12/h4-7,18H,8H2,1-3H3. The molecule has 1 N–H and O–H groups in total. The van der Waals surface area contributed by atoms with Crippen molar-refractivity contribution in [3.05, 3.63) is 52.5 Å². The van der Waals surface area contributed by atoms with Crippen molar-refractivity contribution in [3.63, 3.8) is 0 Å². The predicted molar refractivity (Wildman–Crippen MR) is 70.8 cm³/mol. The van der Waals surface area contributed by atoms with Crippen LogP contribution in [0.4, 0.5) is 4.39 Å². The van der Waals surface area contributed by atoms with E-state index in [-0.39, 0.29) is 12.4 Å². The Bertz CT molecular complexity index is 611. The quantitative estimate of drug-likeness (QED) is 0.920. The number of halogens is 1. The summed E-state index contributed by atoms with van der Waals surface area (Å²) < 4.78 is 18.9. The highest BCUT2D eigenvalue weighted by molar-refractivity contribution is 5.39. The van der Waals surface area contributed by atoms with Gasteiger partial charge in [0.15, 0.2) is 0 Å². The van der Waals surface area contributed by atoms with E-state index in [9.17, 15) is 9.50 Å². The molecule has 1 aromatic heterocycles. The summed E-state index contributed by atoms with van der Waals surface area (Å²) in [6.07, 6.45) is 0. The third kappa shape index (κ3) is 2.90. The van der Waals surface area contributed by atoms with Gasteiger partial charge in [0.1, 0.15) is 11.6 Å². The molecule has 0 aliphatic carbocycles. The second kappa shape index (κ2) is 5.36. The van der Waals surface area contributed by atoms with Gasteiger partial charge in [0.2, 0.25) is 5.88 Å². The van der Waals surface area contributed by atoms with Crippen molar-refractivity contribution in [3.8, 4) is 11.6 Å². The smallest absolute Gasteiger partial charge is 0.225 e. The first kappa shape index (κ1) is 13.5. The van der Waals surface area contributed by atoms with Crippen molar-refractivity contribution in [1.82, 2.24) is 4.98 Å². The van der Waals surface area contributed by atoms with Crippen LogP contribution in [0.15, 0.2) is 24.3 Å². The molecular formula is C15H16FNO2. The molecule has 0 bridgehead atoms. The largest absolute Gasteiger partial charge is 0.439 e. The Morgan fingerprint density at radius 1 is 1.16 bits per heavy atom. The van der Waals surface area contributed by atoms with Crippen LogP contribution in [-0.2, 0) is 6.61 Å². The van der Waals surface area contributed by atoms with Crippen LogP contribution in [0.3, 0.4) is 0 Å². The Labute approximate surface area is 111 Å².